The minimum Gasteiger partial charge on any atom is -0.350 e. The van der Waals surface area contributed by atoms with E-state index in [9.17, 15) is 0 Å². The molecule has 0 saturated carbocycles. The molecule has 0 aromatic rings. The summed E-state index contributed by atoms with van der Waals surface area (Å²) < 4.78 is 12.4. The van der Waals surface area contributed by atoms with Crippen molar-refractivity contribution >= 4 is 0 Å². The first-order chi connectivity index (χ1) is 11.8. The Kier molecular flexibility index (Phi) is 13.9. The summed E-state index contributed by atoms with van der Waals surface area (Å²) in [7, 11) is 0. The predicted octanol–water partition coefficient (Wildman–Crippen LogP) is 7.40. The van der Waals surface area contributed by atoms with Crippen LogP contribution in [0.4, 0.5) is 0 Å². The molecule has 0 unspecified atom stereocenters. The molecule has 0 spiro atoms. The first kappa shape index (κ1) is 22.0. The molecule has 1 fully saturated rings. The van der Waals surface area contributed by atoms with Gasteiger partial charge in [0.2, 0.25) is 0 Å². The van der Waals surface area contributed by atoms with Crippen LogP contribution in [0, 0.1) is 0 Å². The van der Waals surface area contributed by atoms with Gasteiger partial charge in [0.25, 0.3) is 0 Å². The van der Waals surface area contributed by atoms with Gasteiger partial charge in [-0.2, -0.15) is 0 Å². The van der Waals surface area contributed by atoms with Crippen molar-refractivity contribution in [1.29, 1.82) is 0 Å². The lowest BCUT2D eigenvalue weighted by atomic mass is 9.99. The first-order valence-electron chi connectivity index (χ1n) is 11.1. The van der Waals surface area contributed by atoms with Crippen LogP contribution in [0.3, 0.4) is 0 Å². The lowest BCUT2D eigenvalue weighted by Gasteiger charge is -2.32. The van der Waals surface area contributed by atoms with Crippen LogP contribution in [-0.4, -0.2) is 19.0 Å². The highest BCUT2D eigenvalue weighted by Gasteiger charge is 2.32. The summed E-state index contributed by atoms with van der Waals surface area (Å²) in [5.41, 5.74) is 0. The van der Waals surface area contributed by atoms with Crippen molar-refractivity contribution in [2.75, 3.05) is 13.2 Å². The Bertz CT molecular complexity index is 257. The Labute approximate surface area is 152 Å². The van der Waals surface area contributed by atoms with Gasteiger partial charge in [0.05, 0.1) is 13.2 Å². The molecule has 1 aliphatic rings. The summed E-state index contributed by atoms with van der Waals surface area (Å²) in [6, 6.07) is 0. The van der Waals surface area contributed by atoms with Crippen molar-refractivity contribution in [2.24, 2.45) is 0 Å². The molecule has 0 aromatic carbocycles. The van der Waals surface area contributed by atoms with Crippen LogP contribution in [0.2, 0.25) is 0 Å². The highest BCUT2D eigenvalue weighted by molar-refractivity contribution is 4.73. The third-order valence-corrected chi connectivity index (χ3v) is 5.34. The number of unbranched alkanes of at least 4 members (excludes halogenated alkanes) is 11. The Balaban J connectivity index is 2.11. The Morgan fingerprint density at radius 2 is 0.917 bits per heavy atom. The lowest BCUT2D eigenvalue weighted by molar-refractivity contribution is -0.234. The molecule has 1 rings (SSSR count). The molecule has 0 aromatic heterocycles. The Morgan fingerprint density at radius 3 is 1.42 bits per heavy atom. The molecule has 144 valence electrons. The summed E-state index contributed by atoms with van der Waals surface area (Å²) in [5, 5.41) is 0. The fraction of sp³-hybridized carbons (Fsp3) is 1.00. The molecule has 24 heavy (non-hydrogen) atoms. The predicted molar refractivity (Wildman–Crippen MR) is 104 cm³/mol. The molecule has 2 nitrogen and oxygen atoms in total. The van der Waals surface area contributed by atoms with Crippen molar-refractivity contribution < 1.29 is 9.47 Å². The summed E-state index contributed by atoms with van der Waals surface area (Å²) in [6.07, 6.45) is 22.3. The minimum atomic E-state index is -0.244. The second-order valence-electron chi connectivity index (χ2n) is 7.70. The standard InChI is InChI=1S/C22H44O2/c1-3-5-7-8-9-10-11-12-13-15-19-22(18-14-6-4-2)23-20-16-17-21-24-22/h3-21H2,1-2H3. The van der Waals surface area contributed by atoms with Gasteiger partial charge < -0.3 is 9.47 Å². The van der Waals surface area contributed by atoms with E-state index in [2.05, 4.69) is 13.8 Å². The molecule has 1 aliphatic heterocycles. The summed E-state index contributed by atoms with van der Waals surface area (Å²) in [5.74, 6) is -0.244. The molecule has 0 amide bonds. The van der Waals surface area contributed by atoms with Crippen LogP contribution in [0.1, 0.15) is 123 Å². The summed E-state index contributed by atoms with van der Waals surface area (Å²) >= 11 is 0. The average Bonchev–Trinajstić information content (AvgIpc) is 2.83. The van der Waals surface area contributed by atoms with E-state index in [0.717, 1.165) is 38.9 Å². The lowest BCUT2D eigenvalue weighted by Crippen LogP contribution is -2.35. The fourth-order valence-corrected chi connectivity index (χ4v) is 3.70. The summed E-state index contributed by atoms with van der Waals surface area (Å²) in [6.45, 7) is 6.34. The third-order valence-electron chi connectivity index (χ3n) is 5.34. The van der Waals surface area contributed by atoms with Crippen molar-refractivity contribution in [3.8, 4) is 0 Å². The number of ether oxygens (including phenoxy) is 2. The molecule has 2 heteroatoms. The number of rotatable bonds is 15. The highest BCUT2D eigenvalue weighted by Crippen LogP contribution is 2.30. The maximum absolute atomic E-state index is 6.20. The average molecular weight is 341 g/mol. The fourth-order valence-electron chi connectivity index (χ4n) is 3.70. The molecule has 1 saturated heterocycles. The van der Waals surface area contributed by atoms with Crippen LogP contribution in [0.5, 0.6) is 0 Å². The van der Waals surface area contributed by atoms with Gasteiger partial charge in [-0.25, -0.2) is 0 Å². The Hall–Kier alpha value is -0.0800. The van der Waals surface area contributed by atoms with Crippen molar-refractivity contribution in [2.45, 2.75) is 129 Å². The second kappa shape index (κ2) is 15.2. The number of hydrogen-bond donors (Lipinski definition) is 0. The second-order valence-corrected chi connectivity index (χ2v) is 7.70. The zero-order valence-corrected chi connectivity index (χ0v) is 16.8. The molecule has 0 bridgehead atoms. The largest absolute Gasteiger partial charge is 0.350 e. The van der Waals surface area contributed by atoms with E-state index in [1.165, 1.54) is 83.5 Å². The van der Waals surface area contributed by atoms with Crippen molar-refractivity contribution in [3.05, 3.63) is 0 Å². The van der Waals surface area contributed by atoms with E-state index in [1.54, 1.807) is 0 Å². The maximum atomic E-state index is 6.20. The molecule has 1 heterocycles. The van der Waals surface area contributed by atoms with Gasteiger partial charge in [0.1, 0.15) is 0 Å². The van der Waals surface area contributed by atoms with E-state index in [-0.39, 0.29) is 5.79 Å². The van der Waals surface area contributed by atoms with Crippen LogP contribution in [0.15, 0.2) is 0 Å². The SMILES string of the molecule is CCCCCCCCCCCCC1(CCCCC)OCCCCO1. The van der Waals surface area contributed by atoms with Crippen molar-refractivity contribution in [3.63, 3.8) is 0 Å². The van der Waals surface area contributed by atoms with E-state index in [1.807, 2.05) is 0 Å². The van der Waals surface area contributed by atoms with Gasteiger partial charge in [-0.05, 0) is 25.7 Å². The normalized spacial score (nSPS) is 17.8. The topological polar surface area (TPSA) is 18.5 Å². The molecular weight excluding hydrogens is 296 g/mol. The van der Waals surface area contributed by atoms with Crippen LogP contribution < -0.4 is 0 Å². The van der Waals surface area contributed by atoms with Crippen LogP contribution in [0.25, 0.3) is 0 Å². The van der Waals surface area contributed by atoms with Crippen LogP contribution >= 0.6 is 0 Å². The quantitative estimate of drug-likeness (QED) is 0.289. The Morgan fingerprint density at radius 1 is 0.542 bits per heavy atom. The van der Waals surface area contributed by atoms with Crippen LogP contribution in [-0.2, 0) is 9.47 Å². The molecule has 0 N–H and O–H groups in total. The summed E-state index contributed by atoms with van der Waals surface area (Å²) in [4.78, 5) is 0. The van der Waals surface area contributed by atoms with Gasteiger partial charge >= 0.3 is 0 Å². The van der Waals surface area contributed by atoms with E-state index < -0.39 is 0 Å². The van der Waals surface area contributed by atoms with Crippen molar-refractivity contribution in [1.82, 2.24) is 0 Å². The molecule has 0 radical (unpaired) electrons. The van der Waals surface area contributed by atoms with Gasteiger partial charge in [-0.1, -0.05) is 84.5 Å². The minimum absolute atomic E-state index is 0.244. The molecular formula is C22H44O2. The van der Waals surface area contributed by atoms with E-state index in [4.69, 9.17) is 9.47 Å². The number of hydrogen-bond acceptors (Lipinski definition) is 2. The van der Waals surface area contributed by atoms with Gasteiger partial charge in [-0.3, -0.25) is 0 Å². The highest BCUT2D eigenvalue weighted by atomic mass is 16.7. The zero-order chi connectivity index (χ0) is 17.3. The van der Waals surface area contributed by atoms with Gasteiger partial charge in [0, 0.05) is 12.8 Å². The van der Waals surface area contributed by atoms with E-state index in [0.29, 0.717) is 0 Å². The van der Waals surface area contributed by atoms with Gasteiger partial charge in [0.15, 0.2) is 5.79 Å². The van der Waals surface area contributed by atoms with E-state index >= 15 is 0 Å². The molecule has 0 aliphatic carbocycles. The molecule has 0 atom stereocenters. The maximum Gasteiger partial charge on any atom is 0.168 e. The zero-order valence-electron chi connectivity index (χ0n) is 16.8. The third kappa shape index (κ3) is 10.7. The first-order valence-corrected chi connectivity index (χ1v) is 11.1. The monoisotopic (exact) mass is 340 g/mol. The van der Waals surface area contributed by atoms with Gasteiger partial charge in [-0.15, -0.1) is 0 Å². The smallest absolute Gasteiger partial charge is 0.168 e.